The summed E-state index contributed by atoms with van der Waals surface area (Å²) in [5, 5.41) is 0. The predicted molar refractivity (Wildman–Crippen MR) is 65.3 cm³/mol. The monoisotopic (exact) mass is 216 g/mol. The van der Waals surface area contributed by atoms with Crippen molar-refractivity contribution in [3.8, 4) is 0 Å². The van der Waals surface area contributed by atoms with E-state index in [-0.39, 0.29) is 11.2 Å². The van der Waals surface area contributed by atoms with Gasteiger partial charge in [0.05, 0.1) is 17.8 Å². The lowest BCUT2D eigenvalue weighted by molar-refractivity contribution is -0.125. The van der Waals surface area contributed by atoms with Crippen LogP contribution in [0.15, 0.2) is 0 Å². The van der Waals surface area contributed by atoms with E-state index >= 15 is 0 Å². The minimum atomic E-state index is -0.125. The van der Waals surface area contributed by atoms with Crippen LogP contribution in [0, 0.1) is 0 Å². The Morgan fingerprint density at radius 2 is 1.47 bits per heavy atom. The molecule has 0 amide bonds. The fraction of sp³-hybridized carbons (Fsp3) is 1.00. The van der Waals surface area contributed by atoms with Gasteiger partial charge in [-0.15, -0.1) is 0 Å². The van der Waals surface area contributed by atoms with E-state index in [1.807, 2.05) is 0 Å². The molecule has 0 spiro atoms. The van der Waals surface area contributed by atoms with Crippen molar-refractivity contribution in [2.24, 2.45) is 0 Å². The van der Waals surface area contributed by atoms with Crippen LogP contribution < -0.4 is 0 Å². The number of rotatable bonds is 8. The third-order valence-corrected chi connectivity index (χ3v) is 3.49. The number of ether oxygens (including phenoxy) is 2. The molecule has 0 aromatic heterocycles. The van der Waals surface area contributed by atoms with Gasteiger partial charge >= 0.3 is 0 Å². The van der Waals surface area contributed by atoms with Crippen LogP contribution in [0.2, 0.25) is 0 Å². The Kier molecular flexibility index (Phi) is 6.46. The van der Waals surface area contributed by atoms with Crippen LogP contribution in [-0.2, 0) is 9.47 Å². The predicted octanol–water partition coefficient (Wildman–Crippen LogP) is 3.79. The molecule has 0 aliphatic heterocycles. The summed E-state index contributed by atoms with van der Waals surface area (Å²) in [6, 6.07) is 0. The van der Waals surface area contributed by atoms with Gasteiger partial charge in [-0.25, -0.2) is 0 Å². The molecule has 0 N–H and O–H groups in total. The quantitative estimate of drug-likeness (QED) is 0.614. The van der Waals surface area contributed by atoms with Crippen LogP contribution >= 0.6 is 0 Å². The number of methoxy groups -OCH3 is 1. The van der Waals surface area contributed by atoms with Crippen molar-refractivity contribution in [1.82, 2.24) is 0 Å². The lowest BCUT2D eigenvalue weighted by atomic mass is 9.98. The fourth-order valence-corrected chi connectivity index (χ4v) is 1.54. The van der Waals surface area contributed by atoms with Gasteiger partial charge in [-0.1, -0.05) is 27.2 Å². The van der Waals surface area contributed by atoms with Crippen molar-refractivity contribution in [2.45, 2.75) is 71.5 Å². The van der Waals surface area contributed by atoms with Gasteiger partial charge in [0.15, 0.2) is 0 Å². The average Bonchev–Trinajstić information content (AvgIpc) is 2.26. The molecule has 0 bridgehead atoms. The summed E-state index contributed by atoms with van der Waals surface area (Å²) in [6.07, 6.45) is 4.28. The molecule has 0 saturated carbocycles. The van der Waals surface area contributed by atoms with Gasteiger partial charge in [-0.3, -0.25) is 0 Å². The molecule has 92 valence electrons. The molecule has 0 saturated heterocycles. The van der Waals surface area contributed by atoms with Gasteiger partial charge < -0.3 is 9.47 Å². The van der Waals surface area contributed by atoms with Crippen molar-refractivity contribution in [1.29, 1.82) is 0 Å². The third-order valence-electron chi connectivity index (χ3n) is 3.49. The first-order valence-electron chi connectivity index (χ1n) is 6.14. The molecule has 0 rings (SSSR count). The minimum Gasteiger partial charge on any atom is -0.376 e. The Morgan fingerprint density at radius 1 is 0.933 bits per heavy atom. The van der Waals surface area contributed by atoms with Crippen molar-refractivity contribution < 1.29 is 9.47 Å². The Hall–Kier alpha value is -0.0800. The van der Waals surface area contributed by atoms with Gasteiger partial charge in [0.2, 0.25) is 0 Å². The van der Waals surface area contributed by atoms with Crippen LogP contribution in [0.5, 0.6) is 0 Å². The first-order valence-corrected chi connectivity index (χ1v) is 6.14. The zero-order valence-corrected chi connectivity index (χ0v) is 11.4. The summed E-state index contributed by atoms with van der Waals surface area (Å²) in [7, 11) is 1.77. The Morgan fingerprint density at radius 3 is 1.80 bits per heavy atom. The highest BCUT2D eigenvalue weighted by Crippen LogP contribution is 2.24. The topological polar surface area (TPSA) is 18.5 Å². The Labute approximate surface area is 95.3 Å². The minimum absolute atomic E-state index is 0.00747. The Balaban J connectivity index is 4.20. The SMILES string of the molecule is CCCC(C)(COC(C)(CC)CC)OC. The molecule has 0 aliphatic carbocycles. The molecule has 0 aliphatic rings. The highest BCUT2D eigenvalue weighted by atomic mass is 16.5. The highest BCUT2D eigenvalue weighted by Gasteiger charge is 2.28. The number of hydrogen-bond acceptors (Lipinski definition) is 2. The first-order chi connectivity index (χ1) is 6.95. The maximum absolute atomic E-state index is 6.01. The van der Waals surface area contributed by atoms with Gasteiger partial charge in [0.25, 0.3) is 0 Å². The van der Waals surface area contributed by atoms with E-state index < -0.39 is 0 Å². The molecule has 0 aromatic rings. The molecule has 15 heavy (non-hydrogen) atoms. The average molecular weight is 216 g/mol. The van der Waals surface area contributed by atoms with E-state index in [4.69, 9.17) is 9.47 Å². The number of hydrogen-bond donors (Lipinski definition) is 0. The van der Waals surface area contributed by atoms with Crippen LogP contribution in [0.25, 0.3) is 0 Å². The molecule has 1 atom stereocenters. The van der Waals surface area contributed by atoms with E-state index in [2.05, 4.69) is 34.6 Å². The van der Waals surface area contributed by atoms with Crippen LogP contribution in [0.1, 0.15) is 60.3 Å². The lowest BCUT2D eigenvalue weighted by Crippen LogP contribution is -2.39. The Bertz CT molecular complexity index is 164. The normalized spacial score (nSPS) is 16.4. The summed E-state index contributed by atoms with van der Waals surface area (Å²) in [6.45, 7) is 11.5. The molecule has 0 fully saturated rings. The second-order valence-corrected chi connectivity index (χ2v) is 4.85. The smallest absolute Gasteiger partial charge is 0.0883 e. The van der Waals surface area contributed by atoms with Gasteiger partial charge in [0.1, 0.15) is 0 Å². The van der Waals surface area contributed by atoms with E-state index in [1.165, 1.54) is 0 Å². The molecule has 2 heteroatoms. The van der Waals surface area contributed by atoms with Crippen molar-refractivity contribution in [3.05, 3.63) is 0 Å². The summed E-state index contributed by atoms with van der Waals surface area (Å²) in [5.41, 5.74) is -0.117. The molecular formula is C13H28O2. The highest BCUT2D eigenvalue weighted by molar-refractivity contribution is 4.78. The van der Waals surface area contributed by atoms with Crippen LogP contribution in [0.4, 0.5) is 0 Å². The molecule has 0 heterocycles. The molecular weight excluding hydrogens is 188 g/mol. The van der Waals surface area contributed by atoms with Crippen molar-refractivity contribution >= 4 is 0 Å². The van der Waals surface area contributed by atoms with Gasteiger partial charge in [-0.2, -0.15) is 0 Å². The van der Waals surface area contributed by atoms with Crippen molar-refractivity contribution in [2.75, 3.05) is 13.7 Å². The standard InChI is InChI=1S/C13H28O2/c1-7-10-13(5,14-6)11-15-12(4,8-2)9-3/h7-11H2,1-6H3. The van der Waals surface area contributed by atoms with E-state index in [9.17, 15) is 0 Å². The van der Waals surface area contributed by atoms with Crippen LogP contribution in [0.3, 0.4) is 0 Å². The lowest BCUT2D eigenvalue weighted by Gasteiger charge is -2.34. The van der Waals surface area contributed by atoms with Crippen LogP contribution in [-0.4, -0.2) is 24.9 Å². The summed E-state index contributed by atoms with van der Waals surface area (Å²) < 4.78 is 11.5. The molecule has 0 aromatic carbocycles. The summed E-state index contributed by atoms with van der Waals surface area (Å²) in [4.78, 5) is 0. The maximum atomic E-state index is 6.01. The molecule has 0 radical (unpaired) electrons. The van der Waals surface area contributed by atoms with E-state index in [0.29, 0.717) is 6.61 Å². The van der Waals surface area contributed by atoms with E-state index in [1.54, 1.807) is 7.11 Å². The summed E-state index contributed by atoms with van der Waals surface area (Å²) >= 11 is 0. The fourth-order valence-electron chi connectivity index (χ4n) is 1.54. The third kappa shape index (κ3) is 4.98. The van der Waals surface area contributed by atoms with Gasteiger partial charge in [-0.05, 0) is 33.1 Å². The maximum Gasteiger partial charge on any atom is 0.0883 e. The summed E-state index contributed by atoms with van der Waals surface area (Å²) in [5.74, 6) is 0. The second-order valence-electron chi connectivity index (χ2n) is 4.85. The second kappa shape index (κ2) is 6.49. The zero-order chi connectivity index (χ0) is 11.9. The molecule has 2 nitrogen and oxygen atoms in total. The van der Waals surface area contributed by atoms with E-state index in [0.717, 1.165) is 25.7 Å². The largest absolute Gasteiger partial charge is 0.376 e. The first kappa shape index (κ1) is 14.9. The molecule has 1 unspecified atom stereocenters. The van der Waals surface area contributed by atoms with Crippen molar-refractivity contribution in [3.63, 3.8) is 0 Å². The van der Waals surface area contributed by atoms with Gasteiger partial charge in [0, 0.05) is 7.11 Å². The zero-order valence-electron chi connectivity index (χ0n) is 11.4.